The number of rotatable bonds is 4. The molecular formula is C20H33N. The normalized spacial score (nSPS) is 24.8. The van der Waals surface area contributed by atoms with Crippen LogP contribution in [-0.4, -0.2) is 7.05 Å². The quantitative estimate of drug-likeness (QED) is 0.775. The van der Waals surface area contributed by atoms with E-state index in [9.17, 15) is 0 Å². The minimum atomic E-state index is 0.243. The number of hydrogen-bond donors (Lipinski definition) is 1. The summed E-state index contributed by atoms with van der Waals surface area (Å²) in [7, 11) is 2.12. The molecule has 1 atom stereocenters. The van der Waals surface area contributed by atoms with Gasteiger partial charge >= 0.3 is 0 Å². The van der Waals surface area contributed by atoms with Crippen LogP contribution in [-0.2, 0) is 5.41 Å². The van der Waals surface area contributed by atoms with Crippen LogP contribution in [0.5, 0.6) is 0 Å². The summed E-state index contributed by atoms with van der Waals surface area (Å²) in [5.74, 6) is 1.78. The lowest BCUT2D eigenvalue weighted by Gasteiger charge is -2.34. The highest BCUT2D eigenvalue weighted by Crippen LogP contribution is 2.38. The Morgan fingerprint density at radius 3 is 2.05 bits per heavy atom. The molecule has 2 rings (SSSR count). The molecule has 1 aliphatic carbocycles. The van der Waals surface area contributed by atoms with Gasteiger partial charge in [-0.15, -0.1) is 0 Å². The van der Waals surface area contributed by atoms with Gasteiger partial charge in [-0.1, -0.05) is 71.2 Å². The highest BCUT2D eigenvalue weighted by molar-refractivity contribution is 5.29. The third-order valence-electron chi connectivity index (χ3n) is 5.39. The first-order valence-electron chi connectivity index (χ1n) is 8.73. The van der Waals surface area contributed by atoms with Crippen LogP contribution in [0.25, 0.3) is 0 Å². The van der Waals surface area contributed by atoms with Gasteiger partial charge < -0.3 is 5.32 Å². The van der Waals surface area contributed by atoms with Crippen molar-refractivity contribution < 1.29 is 0 Å². The predicted molar refractivity (Wildman–Crippen MR) is 92.7 cm³/mol. The third-order valence-corrected chi connectivity index (χ3v) is 5.39. The van der Waals surface area contributed by atoms with Crippen molar-refractivity contribution in [3.63, 3.8) is 0 Å². The van der Waals surface area contributed by atoms with E-state index in [1.807, 2.05) is 0 Å². The molecule has 1 heteroatoms. The van der Waals surface area contributed by atoms with E-state index < -0.39 is 0 Å². The minimum absolute atomic E-state index is 0.243. The Kier molecular flexibility index (Phi) is 5.48. The predicted octanol–water partition coefficient (Wildman–Crippen LogP) is 5.46. The fourth-order valence-electron chi connectivity index (χ4n) is 3.79. The lowest BCUT2D eigenvalue weighted by molar-refractivity contribution is 0.224. The van der Waals surface area contributed by atoms with E-state index in [0.717, 1.165) is 11.8 Å². The van der Waals surface area contributed by atoms with Crippen molar-refractivity contribution in [2.75, 3.05) is 7.05 Å². The average Bonchev–Trinajstić information content (AvgIpc) is 2.48. The molecule has 1 aromatic rings. The van der Waals surface area contributed by atoms with Crippen LogP contribution in [0, 0.1) is 11.8 Å². The van der Waals surface area contributed by atoms with Crippen molar-refractivity contribution in [2.45, 2.75) is 71.3 Å². The SMILES string of the molecule is CCC1CCC(C(NC)c2ccc(C(C)(C)C)cc2)CC1. The molecule has 1 aliphatic rings. The first-order chi connectivity index (χ1) is 9.95. The molecule has 1 N–H and O–H groups in total. The number of hydrogen-bond acceptors (Lipinski definition) is 1. The van der Waals surface area contributed by atoms with Gasteiger partial charge in [-0.25, -0.2) is 0 Å². The molecule has 0 aliphatic heterocycles. The maximum atomic E-state index is 3.58. The maximum absolute atomic E-state index is 3.58. The van der Waals surface area contributed by atoms with E-state index in [2.05, 4.69) is 64.3 Å². The smallest absolute Gasteiger partial charge is 0.0346 e. The molecule has 1 unspecified atom stereocenters. The highest BCUT2D eigenvalue weighted by atomic mass is 14.9. The summed E-state index contributed by atoms with van der Waals surface area (Å²) < 4.78 is 0. The second-order valence-corrected chi connectivity index (χ2v) is 7.83. The van der Waals surface area contributed by atoms with E-state index in [1.165, 1.54) is 43.2 Å². The molecule has 0 saturated heterocycles. The molecule has 0 spiro atoms. The standard InChI is InChI=1S/C20H33N/c1-6-15-7-9-16(10-8-15)19(21-5)17-11-13-18(14-12-17)20(2,3)4/h11-16,19,21H,6-10H2,1-5H3. The Hall–Kier alpha value is -0.820. The molecule has 118 valence electrons. The summed E-state index contributed by atoms with van der Waals surface area (Å²) in [4.78, 5) is 0. The monoisotopic (exact) mass is 287 g/mol. The van der Waals surface area contributed by atoms with E-state index in [0.29, 0.717) is 6.04 Å². The summed E-state index contributed by atoms with van der Waals surface area (Å²) in [6.45, 7) is 9.18. The van der Waals surface area contributed by atoms with Crippen molar-refractivity contribution in [1.82, 2.24) is 5.32 Å². The Morgan fingerprint density at radius 1 is 1.05 bits per heavy atom. The molecule has 1 fully saturated rings. The highest BCUT2D eigenvalue weighted by Gasteiger charge is 2.27. The minimum Gasteiger partial charge on any atom is -0.313 e. The van der Waals surface area contributed by atoms with Crippen molar-refractivity contribution in [3.05, 3.63) is 35.4 Å². The van der Waals surface area contributed by atoms with Crippen molar-refractivity contribution >= 4 is 0 Å². The average molecular weight is 287 g/mol. The number of benzene rings is 1. The first kappa shape index (κ1) is 16.5. The lowest BCUT2D eigenvalue weighted by Crippen LogP contribution is -2.28. The molecule has 1 nitrogen and oxygen atoms in total. The molecule has 0 heterocycles. The zero-order valence-electron chi connectivity index (χ0n) is 14.6. The maximum Gasteiger partial charge on any atom is 0.0346 e. The molecule has 0 radical (unpaired) electrons. The van der Waals surface area contributed by atoms with Gasteiger partial charge in [0.25, 0.3) is 0 Å². The summed E-state index contributed by atoms with van der Waals surface area (Å²) in [6.07, 6.45) is 6.95. The second kappa shape index (κ2) is 6.96. The Morgan fingerprint density at radius 2 is 1.62 bits per heavy atom. The van der Waals surface area contributed by atoms with Gasteiger partial charge in [0, 0.05) is 6.04 Å². The zero-order valence-corrected chi connectivity index (χ0v) is 14.6. The molecule has 21 heavy (non-hydrogen) atoms. The van der Waals surface area contributed by atoms with Gasteiger partial charge in [-0.2, -0.15) is 0 Å². The van der Waals surface area contributed by atoms with E-state index >= 15 is 0 Å². The van der Waals surface area contributed by atoms with Crippen molar-refractivity contribution in [3.8, 4) is 0 Å². The van der Waals surface area contributed by atoms with Crippen LogP contribution in [0.1, 0.15) is 77.0 Å². The van der Waals surface area contributed by atoms with E-state index in [4.69, 9.17) is 0 Å². The van der Waals surface area contributed by atoms with Gasteiger partial charge in [0.1, 0.15) is 0 Å². The van der Waals surface area contributed by atoms with E-state index in [-0.39, 0.29) is 5.41 Å². The van der Waals surface area contributed by atoms with Gasteiger partial charge in [-0.3, -0.25) is 0 Å². The van der Waals surface area contributed by atoms with Crippen molar-refractivity contribution in [1.29, 1.82) is 0 Å². The van der Waals surface area contributed by atoms with Gasteiger partial charge in [-0.05, 0) is 48.3 Å². The summed E-state index contributed by atoms with van der Waals surface area (Å²) in [5.41, 5.74) is 3.13. The second-order valence-electron chi connectivity index (χ2n) is 7.83. The summed E-state index contributed by atoms with van der Waals surface area (Å²) >= 11 is 0. The van der Waals surface area contributed by atoms with Crippen LogP contribution in [0.15, 0.2) is 24.3 Å². The topological polar surface area (TPSA) is 12.0 Å². The fourth-order valence-corrected chi connectivity index (χ4v) is 3.79. The van der Waals surface area contributed by atoms with E-state index in [1.54, 1.807) is 0 Å². The Labute approximate surface area is 131 Å². The van der Waals surface area contributed by atoms with Crippen LogP contribution < -0.4 is 5.32 Å². The first-order valence-corrected chi connectivity index (χ1v) is 8.73. The molecule has 0 aromatic heterocycles. The fraction of sp³-hybridized carbons (Fsp3) is 0.700. The zero-order chi connectivity index (χ0) is 15.5. The molecular weight excluding hydrogens is 254 g/mol. The van der Waals surface area contributed by atoms with Crippen LogP contribution in [0.2, 0.25) is 0 Å². The third kappa shape index (κ3) is 4.10. The summed E-state index contributed by atoms with van der Waals surface area (Å²) in [5, 5.41) is 3.58. The van der Waals surface area contributed by atoms with Crippen LogP contribution in [0.4, 0.5) is 0 Å². The Bertz CT molecular complexity index is 418. The van der Waals surface area contributed by atoms with Gasteiger partial charge in [0.2, 0.25) is 0 Å². The van der Waals surface area contributed by atoms with Crippen LogP contribution in [0.3, 0.4) is 0 Å². The van der Waals surface area contributed by atoms with Crippen molar-refractivity contribution in [2.24, 2.45) is 11.8 Å². The molecule has 1 aromatic carbocycles. The molecule has 0 amide bonds. The lowest BCUT2D eigenvalue weighted by atomic mass is 9.75. The van der Waals surface area contributed by atoms with Gasteiger partial charge in [0.15, 0.2) is 0 Å². The number of nitrogens with one attached hydrogen (secondary N) is 1. The summed E-state index contributed by atoms with van der Waals surface area (Å²) in [6, 6.07) is 9.84. The molecule has 1 saturated carbocycles. The molecule has 0 bridgehead atoms. The Balaban J connectivity index is 2.07. The largest absolute Gasteiger partial charge is 0.313 e. The van der Waals surface area contributed by atoms with Gasteiger partial charge in [0.05, 0.1) is 0 Å². The van der Waals surface area contributed by atoms with Crippen LogP contribution >= 0.6 is 0 Å².